The Hall–Kier alpha value is -2.76. The maximum Gasteiger partial charge on any atom is 0.269 e. The van der Waals surface area contributed by atoms with Gasteiger partial charge in [0, 0.05) is 35.0 Å². The van der Waals surface area contributed by atoms with Crippen molar-refractivity contribution in [3.05, 3.63) is 98.0 Å². The van der Waals surface area contributed by atoms with Crippen LogP contribution in [-0.4, -0.2) is 4.92 Å². The number of halogens is 2. The molecule has 3 rings (SSSR count). The van der Waals surface area contributed by atoms with Gasteiger partial charge in [-0.05, 0) is 42.0 Å². The van der Waals surface area contributed by atoms with Gasteiger partial charge >= 0.3 is 0 Å². The molecule has 0 unspecified atom stereocenters. The van der Waals surface area contributed by atoms with E-state index in [1.807, 2.05) is 30.3 Å². The van der Waals surface area contributed by atoms with Crippen LogP contribution in [0.1, 0.15) is 11.1 Å². The van der Waals surface area contributed by atoms with Gasteiger partial charge < -0.3 is 10.1 Å². The lowest BCUT2D eigenvalue weighted by Crippen LogP contribution is -2.04. The molecule has 3 aromatic rings. The minimum atomic E-state index is -0.436. The fraction of sp³-hybridized carbons (Fsp3) is 0.100. The SMILES string of the molecule is O=[N+]([O-])c1ccc(COc2c(Cl)cc(Cl)cc2CNc2ccccc2)cc1. The summed E-state index contributed by atoms with van der Waals surface area (Å²) in [5.41, 5.74) is 2.62. The normalized spacial score (nSPS) is 10.4. The van der Waals surface area contributed by atoms with Gasteiger partial charge in [-0.1, -0.05) is 41.4 Å². The lowest BCUT2D eigenvalue weighted by atomic mass is 10.2. The van der Waals surface area contributed by atoms with Gasteiger partial charge in [-0.15, -0.1) is 0 Å². The number of benzene rings is 3. The molecule has 1 N–H and O–H groups in total. The summed E-state index contributed by atoms with van der Waals surface area (Å²) in [4.78, 5) is 10.3. The van der Waals surface area contributed by atoms with Crippen LogP contribution in [0.3, 0.4) is 0 Å². The average molecular weight is 403 g/mol. The summed E-state index contributed by atoms with van der Waals surface area (Å²) in [6.07, 6.45) is 0. The van der Waals surface area contributed by atoms with Crippen LogP contribution in [0.25, 0.3) is 0 Å². The van der Waals surface area contributed by atoms with Gasteiger partial charge in [-0.3, -0.25) is 10.1 Å². The van der Waals surface area contributed by atoms with Crippen LogP contribution in [0, 0.1) is 10.1 Å². The molecule has 3 aromatic carbocycles. The van der Waals surface area contributed by atoms with Crippen LogP contribution in [0.5, 0.6) is 5.75 Å². The van der Waals surface area contributed by atoms with Gasteiger partial charge in [0.05, 0.1) is 9.95 Å². The van der Waals surface area contributed by atoms with Crippen molar-refractivity contribution >= 4 is 34.6 Å². The molecule has 0 fully saturated rings. The summed E-state index contributed by atoms with van der Waals surface area (Å²) in [6, 6.07) is 19.4. The van der Waals surface area contributed by atoms with Crippen LogP contribution in [0.2, 0.25) is 10.0 Å². The number of anilines is 1. The first-order valence-corrected chi connectivity index (χ1v) is 8.91. The predicted molar refractivity (Wildman–Crippen MR) is 108 cm³/mol. The van der Waals surface area contributed by atoms with E-state index in [9.17, 15) is 10.1 Å². The van der Waals surface area contributed by atoms with E-state index in [1.54, 1.807) is 24.3 Å². The molecular weight excluding hydrogens is 387 g/mol. The highest BCUT2D eigenvalue weighted by Crippen LogP contribution is 2.33. The van der Waals surface area contributed by atoms with Gasteiger partial charge in [0.1, 0.15) is 12.4 Å². The molecule has 0 aliphatic carbocycles. The van der Waals surface area contributed by atoms with Crippen LogP contribution in [0.15, 0.2) is 66.7 Å². The molecule has 27 heavy (non-hydrogen) atoms. The second kappa shape index (κ2) is 8.75. The molecule has 0 atom stereocenters. The highest BCUT2D eigenvalue weighted by Gasteiger charge is 2.12. The lowest BCUT2D eigenvalue weighted by Gasteiger charge is -2.15. The number of nitrogens with zero attached hydrogens (tertiary/aromatic N) is 1. The fourth-order valence-electron chi connectivity index (χ4n) is 2.53. The Bertz CT molecular complexity index is 932. The first-order chi connectivity index (χ1) is 13.0. The topological polar surface area (TPSA) is 64.4 Å². The van der Waals surface area contributed by atoms with Crippen LogP contribution in [0.4, 0.5) is 11.4 Å². The molecule has 0 saturated carbocycles. The van der Waals surface area contributed by atoms with Gasteiger partial charge in [0.2, 0.25) is 0 Å². The molecule has 0 heterocycles. The molecule has 0 aliphatic rings. The number of hydrogen-bond acceptors (Lipinski definition) is 4. The van der Waals surface area contributed by atoms with Crippen molar-refractivity contribution in [2.45, 2.75) is 13.2 Å². The van der Waals surface area contributed by atoms with Crippen molar-refractivity contribution < 1.29 is 9.66 Å². The summed E-state index contributed by atoms with van der Waals surface area (Å²) in [7, 11) is 0. The van der Waals surface area contributed by atoms with E-state index in [0.717, 1.165) is 16.8 Å². The Morgan fingerprint density at radius 1 is 1.00 bits per heavy atom. The Morgan fingerprint density at radius 3 is 2.37 bits per heavy atom. The number of nitro benzene ring substituents is 1. The first kappa shape index (κ1) is 19.0. The highest BCUT2D eigenvalue weighted by molar-refractivity contribution is 6.35. The smallest absolute Gasteiger partial charge is 0.269 e. The van der Waals surface area contributed by atoms with Crippen LogP contribution < -0.4 is 10.1 Å². The Kier molecular flexibility index (Phi) is 6.16. The van der Waals surface area contributed by atoms with Crippen molar-refractivity contribution in [2.24, 2.45) is 0 Å². The molecule has 0 bridgehead atoms. The summed E-state index contributed by atoms with van der Waals surface area (Å²) in [5.74, 6) is 0.530. The molecular formula is C20H16Cl2N2O3. The van der Waals surface area contributed by atoms with E-state index < -0.39 is 4.92 Å². The quantitative estimate of drug-likeness (QED) is 0.383. The number of non-ortho nitro benzene ring substituents is 1. The maximum absolute atomic E-state index is 10.7. The third-order valence-corrected chi connectivity index (χ3v) is 4.37. The molecule has 138 valence electrons. The number of hydrogen-bond donors (Lipinski definition) is 1. The molecule has 0 aliphatic heterocycles. The van der Waals surface area contributed by atoms with Gasteiger partial charge in [-0.25, -0.2) is 0 Å². The van der Waals surface area contributed by atoms with Gasteiger partial charge in [-0.2, -0.15) is 0 Å². The zero-order valence-electron chi connectivity index (χ0n) is 14.2. The average Bonchev–Trinajstić information content (AvgIpc) is 2.66. The number of rotatable bonds is 7. The monoisotopic (exact) mass is 402 g/mol. The number of nitrogens with one attached hydrogen (secondary N) is 1. The molecule has 7 heteroatoms. The lowest BCUT2D eigenvalue weighted by molar-refractivity contribution is -0.384. The Balaban J connectivity index is 1.74. The summed E-state index contributed by atoms with van der Waals surface area (Å²) in [6.45, 7) is 0.720. The minimum absolute atomic E-state index is 0.0380. The summed E-state index contributed by atoms with van der Waals surface area (Å²) in [5, 5.41) is 15.0. The Labute approximate surface area is 166 Å². The molecule has 0 aromatic heterocycles. The molecule has 0 amide bonds. The number of para-hydroxylation sites is 1. The first-order valence-electron chi connectivity index (χ1n) is 8.16. The Morgan fingerprint density at radius 2 is 1.70 bits per heavy atom. The van der Waals surface area contributed by atoms with Crippen LogP contribution in [-0.2, 0) is 13.2 Å². The second-order valence-corrected chi connectivity index (χ2v) is 6.65. The van der Waals surface area contributed by atoms with E-state index in [1.165, 1.54) is 12.1 Å². The van der Waals surface area contributed by atoms with E-state index in [-0.39, 0.29) is 12.3 Å². The van der Waals surface area contributed by atoms with Crippen molar-refractivity contribution in [1.29, 1.82) is 0 Å². The van der Waals surface area contributed by atoms with Crippen LogP contribution >= 0.6 is 23.2 Å². The third kappa shape index (κ3) is 5.12. The van der Waals surface area contributed by atoms with Gasteiger partial charge in [0.15, 0.2) is 0 Å². The highest BCUT2D eigenvalue weighted by atomic mass is 35.5. The zero-order valence-corrected chi connectivity index (χ0v) is 15.7. The predicted octanol–water partition coefficient (Wildman–Crippen LogP) is 6.09. The number of ether oxygens (including phenoxy) is 1. The van der Waals surface area contributed by atoms with Crippen molar-refractivity contribution in [1.82, 2.24) is 0 Å². The molecule has 5 nitrogen and oxygen atoms in total. The molecule has 0 radical (unpaired) electrons. The summed E-state index contributed by atoms with van der Waals surface area (Å²) >= 11 is 12.5. The zero-order chi connectivity index (χ0) is 19.2. The standard InChI is InChI=1S/C20H16Cl2N2O3/c21-16-10-15(12-23-17-4-2-1-3-5-17)20(19(22)11-16)27-13-14-6-8-18(9-7-14)24(25)26/h1-11,23H,12-13H2. The second-order valence-electron chi connectivity index (χ2n) is 5.81. The van der Waals surface area contributed by atoms with Crippen molar-refractivity contribution in [2.75, 3.05) is 5.32 Å². The largest absolute Gasteiger partial charge is 0.487 e. The fourth-order valence-corrected chi connectivity index (χ4v) is 3.12. The van der Waals surface area contributed by atoms with Crippen molar-refractivity contribution in [3.8, 4) is 5.75 Å². The van der Waals surface area contributed by atoms with E-state index in [2.05, 4.69) is 5.32 Å². The molecule has 0 saturated heterocycles. The summed E-state index contributed by atoms with van der Waals surface area (Å²) < 4.78 is 5.90. The van der Waals surface area contributed by atoms with E-state index >= 15 is 0 Å². The van der Waals surface area contributed by atoms with Gasteiger partial charge in [0.25, 0.3) is 5.69 Å². The maximum atomic E-state index is 10.7. The van der Waals surface area contributed by atoms with E-state index in [4.69, 9.17) is 27.9 Å². The van der Waals surface area contributed by atoms with E-state index in [0.29, 0.717) is 22.3 Å². The minimum Gasteiger partial charge on any atom is -0.487 e. The molecule has 0 spiro atoms. The number of nitro groups is 1. The van der Waals surface area contributed by atoms with Crippen molar-refractivity contribution in [3.63, 3.8) is 0 Å². The third-order valence-electron chi connectivity index (χ3n) is 3.87.